The van der Waals surface area contributed by atoms with Crippen LogP contribution in [-0.4, -0.2) is 99.3 Å². The Morgan fingerprint density at radius 3 is 2.62 bits per heavy atom. The van der Waals surface area contributed by atoms with Crippen molar-refractivity contribution in [1.29, 1.82) is 0 Å². The Hall–Kier alpha value is -4.22. The van der Waals surface area contributed by atoms with E-state index in [1.807, 2.05) is 49.2 Å². The molecule has 3 aromatic rings. The van der Waals surface area contributed by atoms with Crippen LogP contribution in [0.4, 0.5) is 15.8 Å². The van der Waals surface area contributed by atoms with E-state index in [1.165, 1.54) is 12.1 Å². The van der Waals surface area contributed by atoms with Gasteiger partial charge in [0.05, 0.1) is 23.4 Å². The zero-order valence-corrected chi connectivity index (χ0v) is 27.6. The van der Waals surface area contributed by atoms with Gasteiger partial charge >= 0.3 is 0 Å². The molecule has 2 aromatic carbocycles. The third-order valence-electron chi connectivity index (χ3n) is 9.68. The predicted molar refractivity (Wildman–Crippen MR) is 183 cm³/mol. The van der Waals surface area contributed by atoms with E-state index < -0.39 is 0 Å². The average Bonchev–Trinajstić information content (AvgIpc) is 3.80. The van der Waals surface area contributed by atoms with Crippen LogP contribution >= 0.6 is 0 Å². The molecule has 3 saturated heterocycles. The number of anilines is 2. The van der Waals surface area contributed by atoms with Gasteiger partial charge in [0.15, 0.2) is 0 Å². The molecule has 4 heterocycles. The molecular formula is C36H46FN7O3. The van der Waals surface area contributed by atoms with Crippen LogP contribution in [0.15, 0.2) is 54.7 Å². The van der Waals surface area contributed by atoms with Crippen molar-refractivity contribution < 1.29 is 18.7 Å². The van der Waals surface area contributed by atoms with E-state index >= 15 is 0 Å². The van der Waals surface area contributed by atoms with Crippen LogP contribution in [0.3, 0.4) is 0 Å². The van der Waals surface area contributed by atoms with Crippen LogP contribution in [0, 0.1) is 5.82 Å². The van der Waals surface area contributed by atoms with Gasteiger partial charge in [0, 0.05) is 74.8 Å². The third-order valence-corrected chi connectivity index (χ3v) is 9.68. The van der Waals surface area contributed by atoms with Crippen LogP contribution in [0.5, 0.6) is 5.88 Å². The van der Waals surface area contributed by atoms with Crippen molar-refractivity contribution in [2.24, 2.45) is 0 Å². The summed E-state index contributed by atoms with van der Waals surface area (Å²) in [5.41, 5.74) is 4.30. The number of likely N-dealkylation sites (N-methyl/N-ethyl adjacent to an activating group) is 1. The van der Waals surface area contributed by atoms with Crippen molar-refractivity contribution in [3.63, 3.8) is 0 Å². The second-order valence-electron chi connectivity index (χ2n) is 12.6. The summed E-state index contributed by atoms with van der Waals surface area (Å²) in [6.45, 7) is 9.19. The number of hydrogen-bond donors (Lipinski definition) is 3. The lowest BCUT2D eigenvalue weighted by Crippen LogP contribution is -2.55. The van der Waals surface area contributed by atoms with Gasteiger partial charge in [-0.3, -0.25) is 9.59 Å². The van der Waals surface area contributed by atoms with E-state index in [-0.39, 0.29) is 29.7 Å². The highest BCUT2D eigenvalue weighted by Gasteiger charge is 2.34. The standard InChI is InChI=1S/C36H46FN7O3/c1-4-28-23-43(36(46)30-10-9-25(37)20-33(30)42-16-13-27(22-42)38-3)17-18-44(28)32-11-8-24(29-7-6-14-40-35(29)47-5-2)19-31(32)34(45)41-26-12-15-39-21-26/h6-11,14,19-20,26-28,38-39H,4-5,12-13,15-18,21-23H2,1-3H3,(H,41,45)/t26-,27+,28-/m1/s1. The lowest BCUT2D eigenvalue weighted by molar-refractivity contribution is 0.0720. The largest absolute Gasteiger partial charge is 0.478 e. The summed E-state index contributed by atoms with van der Waals surface area (Å²) in [5.74, 6) is -0.0217. The molecule has 250 valence electrons. The van der Waals surface area contributed by atoms with Gasteiger partial charge in [-0.2, -0.15) is 0 Å². The maximum Gasteiger partial charge on any atom is 0.256 e. The molecular weight excluding hydrogens is 597 g/mol. The Labute approximate surface area is 276 Å². The number of carbonyl (C=O) groups is 2. The number of piperazine rings is 1. The number of halogens is 1. The predicted octanol–water partition coefficient (Wildman–Crippen LogP) is 3.92. The smallest absolute Gasteiger partial charge is 0.256 e. The van der Waals surface area contributed by atoms with Gasteiger partial charge in [-0.1, -0.05) is 13.0 Å². The van der Waals surface area contributed by atoms with Gasteiger partial charge in [0.2, 0.25) is 5.88 Å². The maximum atomic E-state index is 14.4. The summed E-state index contributed by atoms with van der Waals surface area (Å²) in [7, 11) is 1.93. The van der Waals surface area contributed by atoms with E-state index in [1.54, 1.807) is 12.3 Å². The Balaban J connectivity index is 1.28. The number of nitrogens with one attached hydrogen (secondary N) is 3. The normalized spacial score (nSPS) is 21.3. The molecule has 3 atom stereocenters. The molecule has 11 heteroatoms. The average molecular weight is 644 g/mol. The monoisotopic (exact) mass is 643 g/mol. The number of rotatable bonds is 10. The van der Waals surface area contributed by atoms with Gasteiger partial charge < -0.3 is 35.4 Å². The van der Waals surface area contributed by atoms with E-state index in [0.29, 0.717) is 55.0 Å². The Kier molecular flexibility index (Phi) is 10.2. The first-order valence-electron chi connectivity index (χ1n) is 16.9. The van der Waals surface area contributed by atoms with E-state index in [0.717, 1.165) is 62.3 Å². The van der Waals surface area contributed by atoms with Gasteiger partial charge in [-0.15, -0.1) is 0 Å². The molecule has 3 aliphatic rings. The number of carbonyl (C=O) groups excluding carboxylic acids is 2. The van der Waals surface area contributed by atoms with Crippen molar-refractivity contribution in [2.75, 3.05) is 69.3 Å². The first-order valence-corrected chi connectivity index (χ1v) is 16.9. The summed E-state index contributed by atoms with van der Waals surface area (Å²) in [6, 6.07) is 14.7. The first-order chi connectivity index (χ1) is 22.9. The summed E-state index contributed by atoms with van der Waals surface area (Å²) in [4.78, 5) is 38.7. The van der Waals surface area contributed by atoms with Crippen molar-refractivity contribution >= 4 is 23.2 Å². The van der Waals surface area contributed by atoms with Gasteiger partial charge in [0.1, 0.15) is 5.82 Å². The molecule has 10 nitrogen and oxygen atoms in total. The molecule has 0 spiro atoms. The highest BCUT2D eigenvalue weighted by Crippen LogP contribution is 2.35. The van der Waals surface area contributed by atoms with Crippen molar-refractivity contribution in [1.82, 2.24) is 25.8 Å². The first kappa shape index (κ1) is 32.7. The number of ether oxygens (including phenoxy) is 1. The fraction of sp³-hybridized carbons (Fsp3) is 0.472. The fourth-order valence-electron chi connectivity index (χ4n) is 7.08. The second-order valence-corrected chi connectivity index (χ2v) is 12.6. The van der Waals surface area contributed by atoms with Gasteiger partial charge in [0.25, 0.3) is 11.8 Å². The van der Waals surface area contributed by atoms with Crippen LogP contribution in [0.2, 0.25) is 0 Å². The molecule has 6 rings (SSSR count). The molecule has 47 heavy (non-hydrogen) atoms. The summed E-state index contributed by atoms with van der Waals surface area (Å²) in [6.07, 6.45) is 4.31. The Morgan fingerprint density at radius 2 is 1.87 bits per heavy atom. The molecule has 0 radical (unpaired) electrons. The minimum Gasteiger partial charge on any atom is -0.478 e. The maximum absolute atomic E-state index is 14.4. The topological polar surface area (TPSA) is 102 Å². The molecule has 3 aliphatic heterocycles. The van der Waals surface area contributed by atoms with Crippen LogP contribution in [-0.2, 0) is 0 Å². The van der Waals surface area contributed by atoms with E-state index in [2.05, 4.69) is 37.7 Å². The van der Waals surface area contributed by atoms with E-state index in [4.69, 9.17) is 4.74 Å². The molecule has 2 amide bonds. The van der Waals surface area contributed by atoms with Crippen molar-refractivity contribution in [3.8, 4) is 17.0 Å². The number of nitrogens with zero attached hydrogens (tertiary/aromatic N) is 4. The Bertz CT molecular complexity index is 1580. The minimum absolute atomic E-state index is 0.0139. The van der Waals surface area contributed by atoms with Gasteiger partial charge in [-0.05, 0) is 87.8 Å². The molecule has 0 unspecified atom stereocenters. The number of hydrogen-bond acceptors (Lipinski definition) is 8. The number of pyridine rings is 1. The number of amides is 2. The molecule has 1 aromatic heterocycles. The summed E-state index contributed by atoms with van der Waals surface area (Å²) < 4.78 is 20.3. The zero-order valence-electron chi connectivity index (χ0n) is 27.6. The lowest BCUT2D eigenvalue weighted by atomic mass is 9.98. The van der Waals surface area contributed by atoms with E-state index in [9.17, 15) is 14.0 Å². The quantitative estimate of drug-likeness (QED) is 0.306. The highest BCUT2D eigenvalue weighted by molar-refractivity contribution is 6.02. The second kappa shape index (κ2) is 14.7. The number of aromatic nitrogens is 1. The van der Waals surface area contributed by atoms with Crippen LogP contribution in [0.1, 0.15) is 53.8 Å². The van der Waals surface area contributed by atoms with Crippen molar-refractivity contribution in [3.05, 3.63) is 71.7 Å². The summed E-state index contributed by atoms with van der Waals surface area (Å²) in [5, 5.41) is 9.87. The van der Waals surface area contributed by atoms with Crippen LogP contribution in [0.25, 0.3) is 11.1 Å². The highest BCUT2D eigenvalue weighted by atomic mass is 19.1. The molecule has 0 bridgehead atoms. The molecule has 3 fully saturated rings. The Morgan fingerprint density at radius 1 is 1.00 bits per heavy atom. The number of benzene rings is 2. The summed E-state index contributed by atoms with van der Waals surface area (Å²) >= 11 is 0. The lowest BCUT2D eigenvalue weighted by Gasteiger charge is -2.43. The molecule has 0 aliphatic carbocycles. The fourth-order valence-corrected chi connectivity index (χ4v) is 7.08. The van der Waals surface area contributed by atoms with Crippen molar-refractivity contribution in [2.45, 2.75) is 51.2 Å². The van der Waals surface area contributed by atoms with Crippen LogP contribution < -0.4 is 30.5 Å². The SMILES string of the molecule is CCOc1ncccc1-c1ccc(N2CCN(C(=O)c3ccc(F)cc3N3CC[C@H](NC)C3)C[C@H]2CC)c(C(=O)N[C@@H]2CCNC2)c1. The minimum atomic E-state index is -0.344. The molecule has 0 saturated carbocycles. The third kappa shape index (κ3) is 7.06. The zero-order chi connectivity index (χ0) is 32.9. The molecule has 3 N–H and O–H groups in total. The van der Waals surface area contributed by atoms with Gasteiger partial charge in [-0.25, -0.2) is 9.37 Å².